The molecule has 162 valence electrons. The maximum Gasteiger partial charge on any atom is 0.416 e. The van der Waals surface area contributed by atoms with Crippen molar-refractivity contribution in [3.05, 3.63) is 74.8 Å². The van der Waals surface area contributed by atoms with Crippen LogP contribution >= 0.6 is 0 Å². The van der Waals surface area contributed by atoms with Crippen molar-refractivity contribution in [2.75, 3.05) is 7.11 Å². The minimum absolute atomic E-state index is 0.00926. The molecule has 0 aliphatic carbocycles. The van der Waals surface area contributed by atoms with Gasteiger partial charge in [0, 0.05) is 12.3 Å². The van der Waals surface area contributed by atoms with Crippen molar-refractivity contribution in [3.8, 4) is 0 Å². The Morgan fingerprint density at radius 2 is 1.83 bits per heavy atom. The van der Waals surface area contributed by atoms with Gasteiger partial charge in [0.2, 0.25) is 0 Å². The van der Waals surface area contributed by atoms with Crippen LogP contribution in [0.25, 0.3) is 0 Å². The van der Waals surface area contributed by atoms with Gasteiger partial charge in [-0.05, 0) is 36.6 Å². The highest BCUT2D eigenvalue weighted by Gasteiger charge is 2.30. The highest BCUT2D eigenvalue weighted by molar-refractivity contribution is 5.85. The van der Waals surface area contributed by atoms with Crippen molar-refractivity contribution in [1.29, 1.82) is 5.41 Å². The molecule has 0 saturated heterocycles. The van der Waals surface area contributed by atoms with Gasteiger partial charge in [-0.15, -0.1) is 0 Å². The number of nitro groups is 1. The van der Waals surface area contributed by atoms with E-state index in [1.807, 2.05) is 6.92 Å². The number of nitrogens with one attached hydrogen (secondary N) is 1. The predicted octanol–water partition coefficient (Wildman–Crippen LogP) is 5.66. The van der Waals surface area contributed by atoms with E-state index in [2.05, 4.69) is 4.74 Å². The van der Waals surface area contributed by atoms with Crippen molar-refractivity contribution < 1.29 is 27.6 Å². The zero-order valence-electron chi connectivity index (χ0n) is 16.8. The van der Waals surface area contributed by atoms with E-state index in [1.165, 1.54) is 25.3 Å². The van der Waals surface area contributed by atoms with E-state index >= 15 is 0 Å². The standard InChI is InChI=1S/C13H15F3O2.C8H8N2O2/c1-3-4-11(12(17)18-2)9-5-7-10(8-6-9)13(14,15)16;1-6-3-2-4-8(10(11)12)7(6)5-9/h5-8,11H,3-4H2,1-2H3;2-5,9H,1H3. The fourth-order valence-corrected chi connectivity index (χ4v) is 2.77. The SMILES string of the molecule is CCCC(C(=O)OC)c1ccc(C(F)(F)F)cc1.Cc1cccc([N+](=O)[O-])c1C=N. The fourth-order valence-electron chi connectivity index (χ4n) is 2.77. The summed E-state index contributed by atoms with van der Waals surface area (Å²) in [5.74, 6) is -0.918. The van der Waals surface area contributed by atoms with E-state index in [0.717, 1.165) is 30.3 Å². The first-order valence-electron chi connectivity index (χ1n) is 9.06. The number of benzene rings is 2. The third-order valence-corrected chi connectivity index (χ3v) is 4.35. The molecule has 0 aliphatic heterocycles. The molecule has 9 heteroatoms. The number of rotatable bonds is 6. The van der Waals surface area contributed by atoms with E-state index in [0.29, 0.717) is 17.5 Å². The van der Waals surface area contributed by atoms with Crippen LogP contribution in [0.4, 0.5) is 18.9 Å². The summed E-state index contributed by atoms with van der Waals surface area (Å²) in [6, 6.07) is 9.39. The molecule has 1 N–H and O–H groups in total. The quantitative estimate of drug-likeness (QED) is 0.280. The lowest BCUT2D eigenvalue weighted by Gasteiger charge is -2.15. The number of nitro benzene ring substituents is 1. The summed E-state index contributed by atoms with van der Waals surface area (Å²) < 4.78 is 41.9. The first-order chi connectivity index (χ1) is 14.1. The first-order valence-corrected chi connectivity index (χ1v) is 9.06. The molecule has 0 aliphatic rings. The van der Waals surface area contributed by atoms with E-state index < -0.39 is 28.6 Å². The van der Waals surface area contributed by atoms with Crippen LogP contribution in [-0.4, -0.2) is 24.2 Å². The highest BCUT2D eigenvalue weighted by Crippen LogP contribution is 2.31. The lowest BCUT2D eigenvalue weighted by molar-refractivity contribution is -0.385. The normalized spacial score (nSPS) is 11.7. The number of hydrogen-bond acceptors (Lipinski definition) is 5. The molecule has 0 radical (unpaired) electrons. The number of halogens is 3. The second kappa shape index (κ2) is 11.1. The van der Waals surface area contributed by atoms with Crippen molar-refractivity contribution in [2.45, 2.75) is 38.8 Å². The van der Waals surface area contributed by atoms with Crippen molar-refractivity contribution >= 4 is 17.9 Å². The molecule has 0 fully saturated rings. The van der Waals surface area contributed by atoms with E-state index in [4.69, 9.17) is 5.41 Å². The smallest absolute Gasteiger partial charge is 0.416 e. The Kier molecular flexibility index (Phi) is 9.16. The summed E-state index contributed by atoms with van der Waals surface area (Å²) in [5, 5.41) is 17.4. The third-order valence-electron chi connectivity index (χ3n) is 4.35. The summed E-state index contributed by atoms with van der Waals surface area (Å²) in [4.78, 5) is 21.5. The Labute approximate surface area is 172 Å². The number of aryl methyl sites for hydroxylation is 1. The van der Waals surface area contributed by atoms with Gasteiger partial charge in [0.05, 0.1) is 29.1 Å². The minimum Gasteiger partial charge on any atom is -0.469 e. The number of carbonyl (C=O) groups is 1. The third kappa shape index (κ3) is 6.68. The van der Waals surface area contributed by atoms with Gasteiger partial charge < -0.3 is 10.1 Å². The minimum atomic E-state index is -4.36. The topological polar surface area (TPSA) is 93.3 Å². The number of ether oxygens (including phenoxy) is 1. The maximum absolute atomic E-state index is 12.4. The van der Waals surface area contributed by atoms with Gasteiger partial charge in [-0.25, -0.2) is 0 Å². The molecule has 1 unspecified atom stereocenters. The Balaban J connectivity index is 0.000000325. The predicted molar refractivity (Wildman–Crippen MR) is 107 cm³/mol. The van der Waals surface area contributed by atoms with Crippen LogP contribution in [0.5, 0.6) is 0 Å². The fraction of sp³-hybridized carbons (Fsp3) is 0.333. The summed E-state index contributed by atoms with van der Waals surface area (Å²) in [6.07, 6.45) is -2.05. The van der Waals surface area contributed by atoms with Gasteiger partial charge >= 0.3 is 12.1 Å². The van der Waals surface area contributed by atoms with Crippen molar-refractivity contribution in [1.82, 2.24) is 0 Å². The lowest BCUT2D eigenvalue weighted by atomic mass is 9.94. The number of esters is 1. The van der Waals surface area contributed by atoms with Gasteiger partial charge in [0.15, 0.2) is 0 Å². The molecule has 1 atom stereocenters. The van der Waals surface area contributed by atoms with E-state index in [-0.39, 0.29) is 5.69 Å². The monoisotopic (exact) mass is 424 g/mol. The molecule has 6 nitrogen and oxygen atoms in total. The van der Waals surface area contributed by atoms with Gasteiger partial charge in [-0.1, -0.05) is 37.6 Å². The largest absolute Gasteiger partial charge is 0.469 e. The molecule has 30 heavy (non-hydrogen) atoms. The molecule has 0 heterocycles. The first kappa shape index (κ1) is 24.8. The van der Waals surface area contributed by atoms with E-state index in [9.17, 15) is 28.1 Å². The second-order valence-corrected chi connectivity index (χ2v) is 6.39. The molecule has 0 saturated carbocycles. The van der Waals surface area contributed by atoms with Crippen LogP contribution in [0, 0.1) is 22.4 Å². The molecule has 0 bridgehead atoms. The average Bonchev–Trinajstić information content (AvgIpc) is 2.71. The summed E-state index contributed by atoms with van der Waals surface area (Å²) in [7, 11) is 1.27. The van der Waals surface area contributed by atoms with Gasteiger partial charge in [-0.2, -0.15) is 13.2 Å². The summed E-state index contributed by atoms with van der Waals surface area (Å²) >= 11 is 0. The molecule has 0 spiro atoms. The zero-order chi connectivity index (χ0) is 22.9. The Morgan fingerprint density at radius 3 is 2.23 bits per heavy atom. The molecular weight excluding hydrogens is 401 g/mol. The molecule has 2 aromatic rings. The van der Waals surface area contributed by atoms with Crippen LogP contribution < -0.4 is 0 Å². The Bertz CT molecular complexity index is 881. The lowest BCUT2D eigenvalue weighted by Crippen LogP contribution is -2.14. The summed E-state index contributed by atoms with van der Waals surface area (Å²) in [6.45, 7) is 3.65. The zero-order valence-corrected chi connectivity index (χ0v) is 16.8. The number of hydrogen-bond donors (Lipinski definition) is 1. The Hall–Kier alpha value is -3.23. The average molecular weight is 424 g/mol. The second-order valence-electron chi connectivity index (χ2n) is 6.39. The number of methoxy groups -OCH3 is 1. The van der Waals surface area contributed by atoms with Crippen LogP contribution in [0.1, 0.15) is 47.9 Å². The van der Waals surface area contributed by atoms with Crippen LogP contribution in [0.15, 0.2) is 42.5 Å². The van der Waals surface area contributed by atoms with E-state index in [1.54, 1.807) is 19.1 Å². The summed E-state index contributed by atoms with van der Waals surface area (Å²) in [5.41, 5.74) is 0.953. The van der Waals surface area contributed by atoms with Crippen LogP contribution in [0.2, 0.25) is 0 Å². The van der Waals surface area contributed by atoms with Gasteiger partial charge in [0.25, 0.3) is 5.69 Å². The number of carbonyl (C=O) groups excluding carboxylic acids is 1. The molecule has 2 aromatic carbocycles. The molecular formula is C21H23F3N2O4. The molecule has 2 rings (SSSR count). The number of nitrogens with zero attached hydrogens (tertiary/aromatic N) is 1. The highest BCUT2D eigenvalue weighted by atomic mass is 19.4. The molecule has 0 amide bonds. The Morgan fingerprint density at radius 1 is 1.23 bits per heavy atom. The van der Waals surface area contributed by atoms with Crippen LogP contribution in [0.3, 0.4) is 0 Å². The van der Waals surface area contributed by atoms with Gasteiger partial charge in [0.1, 0.15) is 0 Å². The van der Waals surface area contributed by atoms with Crippen LogP contribution in [-0.2, 0) is 15.7 Å². The van der Waals surface area contributed by atoms with Crippen molar-refractivity contribution in [3.63, 3.8) is 0 Å². The maximum atomic E-state index is 12.4. The van der Waals surface area contributed by atoms with Gasteiger partial charge in [-0.3, -0.25) is 14.9 Å². The molecule has 0 aromatic heterocycles. The number of alkyl halides is 3. The van der Waals surface area contributed by atoms with Crippen molar-refractivity contribution in [2.24, 2.45) is 0 Å².